The first-order chi connectivity index (χ1) is 14.5. The molecule has 1 saturated heterocycles. The number of piperazine rings is 1. The molecule has 0 spiro atoms. The third kappa shape index (κ3) is 5.14. The van der Waals surface area contributed by atoms with Crippen LogP contribution in [0.1, 0.15) is 12.5 Å². The number of rotatable bonds is 7. The Morgan fingerprint density at radius 3 is 2.53 bits per heavy atom. The molecule has 0 bridgehead atoms. The van der Waals surface area contributed by atoms with Crippen LogP contribution in [0.3, 0.4) is 0 Å². The number of nitrogens with one attached hydrogen (secondary N) is 1. The van der Waals surface area contributed by atoms with E-state index in [0.717, 1.165) is 16.7 Å². The van der Waals surface area contributed by atoms with E-state index < -0.39 is 6.04 Å². The summed E-state index contributed by atoms with van der Waals surface area (Å²) in [6.45, 7) is 6.32. The summed E-state index contributed by atoms with van der Waals surface area (Å²) < 4.78 is 0. The van der Waals surface area contributed by atoms with E-state index >= 15 is 0 Å². The third-order valence-electron chi connectivity index (χ3n) is 5.21. The first-order valence-electron chi connectivity index (χ1n) is 10.1. The predicted octanol–water partition coefficient (Wildman–Crippen LogP) is 2.26. The van der Waals surface area contributed by atoms with Crippen LogP contribution in [0.4, 0.5) is 0 Å². The Bertz CT molecular complexity index is 926. The number of amides is 3. The second kappa shape index (κ2) is 9.87. The second-order valence-corrected chi connectivity index (χ2v) is 7.36. The molecule has 1 fully saturated rings. The molecule has 0 saturated carbocycles. The van der Waals surface area contributed by atoms with Gasteiger partial charge >= 0.3 is 0 Å². The molecule has 1 aliphatic heterocycles. The molecular weight excluding hydrogens is 378 g/mol. The lowest BCUT2D eigenvalue weighted by Gasteiger charge is -2.40. The minimum absolute atomic E-state index is 0.0950. The van der Waals surface area contributed by atoms with E-state index in [1.807, 2.05) is 48.5 Å². The van der Waals surface area contributed by atoms with Gasteiger partial charge in [-0.3, -0.25) is 14.4 Å². The largest absolute Gasteiger partial charge is 0.347 e. The zero-order valence-electron chi connectivity index (χ0n) is 17.2. The van der Waals surface area contributed by atoms with Crippen molar-refractivity contribution in [3.63, 3.8) is 0 Å². The van der Waals surface area contributed by atoms with Gasteiger partial charge in [0.25, 0.3) is 0 Å². The van der Waals surface area contributed by atoms with E-state index in [2.05, 4.69) is 18.0 Å². The summed E-state index contributed by atoms with van der Waals surface area (Å²) in [4.78, 5) is 40.4. The molecule has 1 aliphatic rings. The second-order valence-electron chi connectivity index (χ2n) is 7.36. The summed E-state index contributed by atoms with van der Waals surface area (Å²) in [5.74, 6) is -0.615. The van der Waals surface area contributed by atoms with Gasteiger partial charge in [-0.2, -0.15) is 0 Å². The molecule has 1 N–H and O–H groups in total. The Balaban J connectivity index is 1.84. The van der Waals surface area contributed by atoms with Crippen molar-refractivity contribution in [1.29, 1.82) is 0 Å². The van der Waals surface area contributed by atoms with Crippen LogP contribution in [-0.2, 0) is 20.8 Å². The van der Waals surface area contributed by atoms with Crippen molar-refractivity contribution in [3.8, 4) is 11.1 Å². The fraction of sp³-hybridized carbons (Fsp3) is 0.292. The van der Waals surface area contributed by atoms with Crippen LogP contribution < -0.4 is 5.32 Å². The van der Waals surface area contributed by atoms with Gasteiger partial charge in [-0.05, 0) is 16.7 Å². The molecular formula is C24H27N3O3. The van der Waals surface area contributed by atoms with Gasteiger partial charge in [-0.1, -0.05) is 60.7 Å². The van der Waals surface area contributed by atoms with Gasteiger partial charge in [0, 0.05) is 33.0 Å². The monoisotopic (exact) mass is 405 g/mol. The fourth-order valence-electron chi connectivity index (χ4n) is 3.71. The highest BCUT2D eigenvalue weighted by molar-refractivity contribution is 5.91. The lowest BCUT2D eigenvalue weighted by Crippen LogP contribution is -2.60. The molecule has 1 atom stereocenters. The first kappa shape index (κ1) is 21.3. The maximum atomic E-state index is 13.1. The van der Waals surface area contributed by atoms with Crippen molar-refractivity contribution >= 4 is 17.7 Å². The summed E-state index contributed by atoms with van der Waals surface area (Å²) >= 11 is 0. The molecule has 2 aromatic carbocycles. The van der Waals surface area contributed by atoms with Crippen molar-refractivity contribution in [2.45, 2.75) is 19.4 Å². The van der Waals surface area contributed by atoms with Crippen LogP contribution in [0.15, 0.2) is 67.3 Å². The SMILES string of the molecule is C=CCN1CCN(C(=O)CNC(C)=O)C(Cc2cccc(-c3ccccc3)c2)C1=O. The van der Waals surface area contributed by atoms with Crippen LogP contribution >= 0.6 is 0 Å². The zero-order chi connectivity index (χ0) is 21.5. The minimum atomic E-state index is -0.606. The summed E-state index contributed by atoms with van der Waals surface area (Å²) in [7, 11) is 0. The fourth-order valence-corrected chi connectivity index (χ4v) is 3.71. The molecule has 6 nitrogen and oxygen atoms in total. The number of nitrogens with zero attached hydrogens (tertiary/aromatic N) is 2. The highest BCUT2D eigenvalue weighted by Gasteiger charge is 2.36. The minimum Gasteiger partial charge on any atom is -0.347 e. The number of benzene rings is 2. The molecule has 3 amide bonds. The van der Waals surface area contributed by atoms with Gasteiger partial charge in [-0.15, -0.1) is 6.58 Å². The van der Waals surface area contributed by atoms with E-state index in [0.29, 0.717) is 26.1 Å². The van der Waals surface area contributed by atoms with Gasteiger partial charge < -0.3 is 15.1 Å². The zero-order valence-corrected chi connectivity index (χ0v) is 17.2. The summed E-state index contributed by atoms with van der Waals surface area (Å²) in [6.07, 6.45) is 2.11. The van der Waals surface area contributed by atoms with Crippen LogP contribution in [0.5, 0.6) is 0 Å². The van der Waals surface area contributed by atoms with Crippen molar-refractivity contribution < 1.29 is 14.4 Å². The normalized spacial score (nSPS) is 16.3. The number of hydrogen-bond donors (Lipinski definition) is 1. The van der Waals surface area contributed by atoms with Crippen LogP contribution in [0.2, 0.25) is 0 Å². The standard InChI is InChI=1S/C24H27N3O3/c1-3-12-26-13-14-27(23(29)17-25-18(2)28)22(24(26)30)16-19-8-7-11-21(15-19)20-9-5-4-6-10-20/h3-11,15,22H,1,12-14,16-17H2,2H3,(H,25,28). The first-order valence-corrected chi connectivity index (χ1v) is 10.1. The average Bonchev–Trinajstić information content (AvgIpc) is 2.76. The molecule has 1 heterocycles. The molecule has 30 heavy (non-hydrogen) atoms. The molecule has 0 aromatic heterocycles. The molecule has 6 heteroatoms. The number of hydrogen-bond acceptors (Lipinski definition) is 3. The Morgan fingerprint density at radius 2 is 1.83 bits per heavy atom. The maximum absolute atomic E-state index is 13.1. The topological polar surface area (TPSA) is 69.7 Å². The quantitative estimate of drug-likeness (QED) is 0.719. The van der Waals surface area contributed by atoms with Gasteiger partial charge in [-0.25, -0.2) is 0 Å². The van der Waals surface area contributed by atoms with Gasteiger partial charge in [0.15, 0.2) is 0 Å². The summed E-state index contributed by atoms with van der Waals surface area (Å²) in [6, 6.07) is 17.5. The Hall–Kier alpha value is -3.41. The van der Waals surface area contributed by atoms with Crippen molar-refractivity contribution in [2.24, 2.45) is 0 Å². The van der Waals surface area contributed by atoms with E-state index in [1.54, 1.807) is 15.9 Å². The lowest BCUT2D eigenvalue weighted by atomic mass is 9.97. The van der Waals surface area contributed by atoms with Gasteiger partial charge in [0.2, 0.25) is 17.7 Å². The third-order valence-corrected chi connectivity index (χ3v) is 5.21. The molecule has 2 aromatic rings. The molecule has 3 rings (SSSR count). The van der Waals surface area contributed by atoms with Gasteiger partial charge in [0.1, 0.15) is 6.04 Å². The van der Waals surface area contributed by atoms with Crippen LogP contribution in [0, 0.1) is 0 Å². The molecule has 156 valence electrons. The Kier molecular flexibility index (Phi) is 7.01. The highest BCUT2D eigenvalue weighted by Crippen LogP contribution is 2.23. The maximum Gasteiger partial charge on any atom is 0.246 e. The predicted molar refractivity (Wildman–Crippen MR) is 117 cm³/mol. The number of carbonyl (C=O) groups is 3. The van der Waals surface area contributed by atoms with Crippen molar-refractivity contribution in [2.75, 3.05) is 26.2 Å². The molecule has 0 radical (unpaired) electrons. The van der Waals surface area contributed by atoms with Gasteiger partial charge in [0.05, 0.1) is 6.54 Å². The Labute approximate surface area is 177 Å². The average molecular weight is 405 g/mol. The van der Waals surface area contributed by atoms with Crippen molar-refractivity contribution in [1.82, 2.24) is 15.1 Å². The highest BCUT2D eigenvalue weighted by atomic mass is 16.2. The molecule has 0 aliphatic carbocycles. The Morgan fingerprint density at radius 1 is 1.10 bits per heavy atom. The van der Waals surface area contributed by atoms with E-state index in [4.69, 9.17) is 0 Å². The lowest BCUT2D eigenvalue weighted by molar-refractivity contribution is -0.150. The van der Waals surface area contributed by atoms with Crippen molar-refractivity contribution in [3.05, 3.63) is 72.8 Å². The summed E-state index contributed by atoms with van der Waals surface area (Å²) in [5.41, 5.74) is 3.14. The van der Waals surface area contributed by atoms with E-state index in [-0.39, 0.29) is 24.3 Å². The molecule has 1 unspecified atom stereocenters. The van der Waals surface area contributed by atoms with E-state index in [9.17, 15) is 14.4 Å². The number of carbonyl (C=O) groups excluding carboxylic acids is 3. The van der Waals surface area contributed by atoms with E-state index in [1.165, 1.54) is 6.92 Å². The van der Waals surface area contributed by atoms with Crippen LogP contribution in [-0.4, -0.2) is 59.7 Å². The summed E-state index contributed by atoms with van der Waals surface area (Å²) in [5, 5.41) is 2.54. The smallest absolute Gasteiger partial charge is 0.246 e. The van der Waals surface area contributed by atoms with Crippen LogP contribution in [0.25, 0.3) is 11.1 Å².